The first kappa shape index (κ1) is 44.8. The molecule has 332 valence electrons. The molecule has 0 radical (unpaired) electrons. The van der Waals surface area contributed by atoms with E-state index in [0.29, 0.717) is 25.7 Å². The Bertz CT molecular complexity index is 2850. The topological polar surface area (TPSA) is 114 Å². The molecule has 6 aromatic rings. The number of carbonyl (C=O) groups excluding carboxylic acids is 2. The van der Waals surface area contributed by atoms with Crippen LogP contribution in [0.5, 0.6) is 0 Å². The molecule has 0 fully saturated rings. The minimum Gasteiger partial charge on any atom is -0.359 e. The summed E-state index contributed by atoms with van der Waals surface area (Å²) in [5.74, 6) is 0.0853. The van der Waals surface area contributed by atoms with E-state index >= 15 is 0 Å². The van der Waals surface area contributed by atoms with Gasteiger partial charge in [0, 0.05) is 53.5 Å². The molecule has 65 heavy (non-hydrogen) atoms. The maximum absolute atomic E-state index is 13.2. The van der Waals surface area contributed by atoms with Crippen LogP contribution < -0.4 is 10.6 Å². The molecule has 2 amide bonds. The van der Waals surface area contributed by atoms with Crippen LogP contribution in [0, 0.1) is 27.7 Å². The van der Waals surface area contributed by atoms with Crippen molar-refractivity contribution in [3.05, 3.63) is 175 Å². The quantitative estimate of drug-likeness (QED) is 0.0873. The van der Waals surface area contributed by atoms with Crippen molar-refractivity contribution < 1.29 is 9.59 Å². The van der Waals surface area contributed by atoms with Crippen LogP contribution in [0.2, 0.25) is 0 Å². The average Bonchev–Trinajstić information content (AvgIpc) is 3.92. The fraction of sp³-hybridized carbons (Fsp3) is 0.298. The van der Waals surface area contributed by atoms with Gasteiger partial charge in [-0.2, -0.15) is 0 Å². The molecule has 8 nitrogen and oxygen atoms in total. The second-order valence-electron chi connectivity index (χ2n) is 18.1. The van der Waals surface area contributed by atoms with E-state index in [4.69, 9.17) is 9.98 Å². The number of nitrogens with one attached hydrogen (secondary N) is 4. The van der Waals surface area contributed by atoms with E-state index < -0.39 is 0 Å². The second-order valence-corrected chi connectivity index (χ2v) is 18.1. The average molecular weight is 863 g/mol. The maximum Gasteiger partial charge on any atom is 0.220 e. The molecule has 0 bridgehead atoms. The van der Waals surface area contributed by atoms with Crippen LogP contribution in [0.4, 0.5) is 0 Å². The number of allylic oxidation sites excluding steroid dienone is 4. The van der Waals surface area contributed by atoms with Crippen molar-refractivity contribution in [2.24, 2.45) is 9.98 Å². The summed E-state index contributed by atoms with van der Waals surface area (Å²) >= 11 is 0. The number of rotatable bonds is 14. The minimum absolute atomic E-state index is 0.0426. The number of hydrogen-bond donors (Lipinski definition) is 4. The monoisotopic (exact) mass is 862 g/mol. The van der Waals surface area contributed by atoms with E-state index in [0.717, 1.165) is 74.3 Å². The Balaban J connectivity index is 0.912. The summed E-state index contributed by atoms with van der Waals surface area (Å²) in [4.78, 5) is 43.8. The van der Waals surface area contributed by atoms with Crippen molar-refractivity contribution >= 4 is 56.9 Å². The highest BCUT2D eigenvalue weighted by molar-refractivity contribution is 6.09. The van der Waals surface area contributed by atoms with Crippen molar-refractivity contribution in [2.45, 2.75) is 113 Å². The largest absolute Gasteiger partial charge is 0.359 e. The van der Waals surface area contributed by atoms with Crippen LogP contribution in [0.1, 0.15) is 129 Å². The number of nitrogens with zero attached hydrogens (tertiary/aromatic N) is 2. The van der Waals surface area contributed by atoms with E-state index in [1.54, 1.807) is 0 Å². The molecule has 0 saturated carbocycles. The third-order valence-corrected chi connectivity index (χ3v) is 13.8. The molecule has 0 saturated heterocycles. The number of aryl methyl sites for hydroxylation is 2. The number of fused-ring (bicyclic) bond motifs is 2. The van der Waals surface area contributed by atoms with Gasteiger partial charge in [-0.3, -0.25) is 19.6 Å². The van der Waals surface area contributed by atoms with Gasteiger partial charge in [-0.05, 0) is 171 Å². The predicted octanol–water partition coefficient (Wildman–Crippen LogP) is 12.9. The standard InChI is InChI=1S/C57H62N6O2/c1-32-44(25-27-56(64)62-38(7)46-23-15-19-42-17-11-13-21-48(42)46)36(5)58-52(32)30-54-34(3)50(40(9)60-54)29-51-35(4)55(61-41(51)10)31-53-33(2)45(37(6)59-53)26-28-57(65)63-39(8)47-24-16-20-43-18-12-14-22-49(43)47/h11-24,30-31,38-39,58-59H,25-29H2,1-10H3,(H,62,64)(H,63,65)/b54-30-,55-31?/t38-,39-/m1/s1. The molecule has 2 aromatic heterocycles. The highest BCUT2D eigenvalue weighted by Gasteiger charge is 2.26. The molecule has 4 aromatic carbocycles. The first-order valence-corrected chi connectivity index (χ1v) is 23.0. The Morgan fingerprint density at radius 2 is 0.938 bits per heavy atom. The molecule has 8 heteroatoms. The summed E-state index contributed by atoms with van der Waals surface area (Å²) < 4.78 is 0. The third kappa shape index (κ3) is 9.26. The lowest BCUT2D eigenvalue weighted by Crippen LogP contribution is -2.27. The van der Waals surface area contributed by atoms with E-state index in [-0.39, 0.29) is 23.9 Å². The molecular formula is C57H62N6O2. The highest BCUT2D eigenvalue weighted by Crippen LogP contribution is 2.37. The lowest BCUT2D eigenvalue weighted by atomic mass is 9.93. The summed E-state index contributed by atoms with van der Waals surface area (Å²) in [6.45, 7) is 21.1. The zero-order valence-electron chi connectivity index (χ0n) is 39.6. The third-order valence-electron chi connectivity index (χ3n) is 13.8. The number of H-pyrrole nitrogens is 2. The lowest BCUT2D eigenvalue weighted by molar-refractivity contribution is -0.122. The van der Waals surface area contributed by atoms with Crippen LogP contribution >= 0.6 is 0 Å². The van der Waals surface area contributed by atoms with Gasteiger partial charge in [-0.25, -0.2) is 0 Å². The Hall–Kier alpha value is -6.80. The molecule has 4 heterocycles. The van der Waals surface area contributed by atoms with Gasteiger partial charge < -0.3 is 20.6 Å². The smallest absolute Gasteiger partial charge is 0.220 e. The molecule has 8 rings (SSSR count). The van der Waals surface area contributed by atoms with Crippen molar-refractivity contribution in [2.75, 3.05) is 0 Å². The normalized spacial score (nSPS) is 16.3. The fourth-order valence-corrected chi connectivity index (χ4v) is 9.95. The van der Waals surface area contributed by atoms with Crippen LogP contribution in [-0.4, -0.2) is 33.2 Å². The van der Waals surface area contributed by atoms with Gasteiger partial charge in [0.05, 0.1) is 23.5 Å². The van der Waals surface area contributed by atoms with Gasteiger partial charge in [0.25, 0.3) is 0 Å². The van der Waals surface area contributed by atoms with Gasteiger partial charge in [-0.1, -0.05) is 84.9 Å². The molecule has 2 aliphatic heterocycles. The lowest BCUT2D eigenvalue weighted by Gasteiger charge is -2.17. The van der Waals surface area contributed by atoms with Crippen molar-refractivity contribution in [1.82, 2.24) is 20.6 Å². The Labute approximate surface area is 383 Å². The summed E-state index contributed by atoms with van der Waals surface area (Å²) in [5, 5.41) is 11.2. The van der Waals surface area contributed by atoms with Crippen molar-refractivity contribution in [3.63, 3.8) is 0 Å². The SMILES string of the molecule is CC1=NC(=Cc2[nH]c(C)c(CCC(=O)N[C@H](C)c3cccc4ccccc34)c2C)C(C)=C1CC1=C(C)/C(=C/c2[nH]c(C)c(CCC(=O)N[C@H](C)c3cccc4ccccc34)c2C)N=C1C. The molecule has 0 spiro atoms. The number of amides is 2. The Morgan fingerprint density at radius 3 is 1.35 bits per heavy atom. The second kappa shape index (κ2) is 18.7. The summed E-state index contributed by atoms with van der Waals surface area (Å²) in [5.41, 5.74) is 19.9. The van der Waals surface area contributed by atoms with E-state index in [1.165, 1.54) is 55.0 Å². The maximum atomic E-state index is 13.2. The van der Waals surface area contributed by atoms with Crippen molar-refractivity contribution in [1.29, 1.82) is 0 Å². The van der Waals surface area contributed by atoms with E-state index in [9.17, 15) is 9.59 Å². The number of aromatic nitrogens is 2. The highest BCUT2D eigenvalue weighted by atomic mass is 16.2. The van der Waals surface area contributed by atoms with Gasteiger partial charge in [0.1, 0.15) is 0 Å². The first-order valence-electron chi connectivity index (χ1n) is 23.0. The molecule has 2 aliphatic rings. The minimum atomic E-state index is -0.0912. The fourth-order valence-electron chi connectivity index (χ4n) is 9.95. The van der Waals surface area contributed by atoms with Crippen LogP contribution in [0.15, 0.2) is 129 Å². The number of aliphatic imine (C=N–C) groups is 2. The summed E-state index contributed by atoms with van der Waals surface area (Å²) in [7, 11) is 0. The van der Waals surface area contributed by atoms with Crippen LogP contribution in [0.25, 0.3) is 33.7 Å². The van der Waals surface area contributed by atoms with Crippen LogP contribution in [0.3, 0.4) is 0 Å². The number of carbonyl (C=O) groups is 2. The number of benzene rings is 4. The van der Waals surface area contributed by atoms with Gasteiger partial charge in [0.2, 0.25) is 11.8 Å². The first-order chi connectivity index (χ1) is 31.2. The van der Waals surface area contributed by atoms with Crippen LogP contribution in [-0.2, 0) is 22.4 Å². The molecule has 0 aliphatic carbocycles. The molecule has 4 N–H and O–H groups in total. The zero-order chi connectivity index (χ0) is 46.1. The molecule has 0 unspecified atom stereocenters. The Morgan fingerprint density at radius 1 is 0.554 bits per heavy atom. The van der Waals surface area contributed by atoms with Gasteiger partial charge in [0.15, 0.2) is 0 Å². The number of hydrogen-bond acceptors (Lipinski definition) is 4. The van der Waals surface area contributed by atoms with E-state index in [2.05, 4.69) is 163 Å². The summed E-state index contributed by atoms with van der Waals surface area (Å²) in [6, 6.07) is 29.0. The van der Waals surface area contributed by atoms with Crippen molar-refractivity contribution in [3.8, 4) is 0 Å². The predicted molar refractivity (Wildman–Crippen MR) is 270 cm³/mol. The van der Waals surface area contributed by atoms with E-state index in [1.807, 2.05) is 24.3 Å². The zero-order valence-corrected chi connectivity index (χ0v) is 39.6. The van der Waals surface area contributed by atoms with Gasteiger partial charge >= 0.3 is 0 Å². The number of aromatic amines is 2. The molecule has 2 atom stereocenters. The van der Waals surface area contributed by atoms with Gasteiger partial charge in [-0.15, -0.1) is 0 Å². The summed E-state index contributed by atoms with van der Waals surface area (Å²) in [6.07, 6.45) is 7.19. The molecular weight excluding hydrogens is 801 g/mol. The Kier molecular flexibility index (Phi) is 12.9.